The molecule has 118 valence electrons. The van der Waals surface area contributed by atoms with E-state index in [-0.39, 0.29) is 0 Å². The zero-order chi connectivity index (χ0) is 15.3. The summed E-state index contributed by atoms with van der Waals surface area (Å²) in [6.07, 6.45) is 3.28. The topological polar surface area (TPSA) is 15.3 Å². The second-order valence-corrected chi connectivity index (χ2v) is 6.61. The lowest BCUT2D eigenvalue weighted by atomic mass is 9.88. The van der Waals surface area contributed by atoms with Gasteiger partial charge in [-0.25, -0.2) is 4.39 Å². The van der Waals surface area contributed by atoms with Crippen LogP contribution in [-0.4, -0.2) is 42.8 Å². The lowest BCUT2D eigenvalue weighted by molar-refractivity contribution is 0.0349. The molecule has 0 radical (unpaired) electrons. The summed E-state index contributed by atoms with van der Waals surface area (Å²) in [5.74, 6) is 0. The van der Waals surface area contributed by atoms with Crippen LogP contribution in [0.2, 0.25) is 0 Å². The Kier molecular flexibility index (Phi) is 5.77. The van der Waals surface area contributed by atoms with Gasteiger partial charge in [-0.15, -0.1) is 0 Å². The molecule has 2 nitrogen and oxygen atoms in total. The molecule has 1 fully saturated rings. The molecule has 1 aromatic carbocycles. The van der Waals surface area contributed by atoms with E-state index in [1.165, 1.54) is 5.56 Å². The summed E-state index contributed by atoms with van der Waals surface area (Å²) in [5.41, 5.74) is 0.275. The standard InChI is InChI=1S/C18H29FN2/c1-4-17(12-16-8-6-5-7-9-16)20-14-18(19)10-11-21(3)15(2)13-18/h5-9,15,17,20H,4,10-14H2,1-3H3. The van der Waals surface area contributed by atoms with E-state index in [2.05, 4.69) is 55.4 Å². The Morgan fingerprint density at radius 1 is 1.38 bits per heavy atom. The van der Waals surface area contributed by atoms with Crippen LogP contribution in [0, 0.1) is 0 Å². The molecule has 0 aromatic heterocycles. The van der Waals surface area contributed by atoms with Crippen molar-refractivity contribution in [2.24, 2.45) is 0 Å². The zero-order valence-electron chi connectivity index (χ0n) is 13.6. The van der Waals surface area contributed by atoms with Gasteiger partial charge in [0, 0.05) is 25.2 Å². The lowest BCUT2D eigenvalue weighted by Gasteiger charge is -2.40. The maximum absolute atomic E-state index is 14.9. The fourth-order valence-corrected chi connectivity index (χ4v) is 3.13. The van der Waals surface area contributed by atoms with E-state index in [4.69, 9.17) is 0 Å². The third-order valence-corrected chi connectivity index (χ3v) is 4.85. The Bertz CT molecular complexity index is 422. The molecule has 0 saturated carbocycles. The van der Waals surface area contributed by atoms with Gasteiger partial charge < -0.3 is 10.2 Å². The third kappa shape index (κ3) is 4.79. The molecule has 1 aromatic rings. The van der Waals surface area contributed by atoms with Crippen molar-refractivity contribution in [2.75, 3.05) is 20.1 Å². The minimum Gasteiger partial charge on any atom is -0.310 e. The highest BCUT2D eigenvalue weighted by molar-refractivity contribution is 5.15. The second kappa shape index (κ2) is 7.37. The van der Waals surface area contributed by atoms with Crippen LogP contribution in [0.3, 0.4) is 0 Å². The number of halogens is 1. The molecule has 0 aliphatic carbocycles. The van der Waals surface area contributed by atoms with Crippen LogP contribution in [0.4, 0.5) is 4.39 Å². The van der Waals surface area contributed by atoms with Gasteiger partial charge >= 0.3 is 0 Å². The van der Waals surface area contributed by atoms with Gasteiger partial charge in [0.1, 0.15) is 5.67 Å². The maximum Gasteiger partial charge on any atom is 0.126 e. The summed E-state index contributed by atoms with van der Waals surface area (Å²) < 4.78 is 14.9. The summed E-state index contributed by atoms with van der Waals surface area (Å²) in [4.78, 5) is 2.25. The van der Waals surface area contributed by atoms with E-state index in [0.29, 0.717) is 31.5 Å². The minimum atomic E-state index is -1.05. The summed E-state index contributed by atoms with van der Waals surface area (Å²) >= 11 is 0. The molecule has 21 heavy (non-hydrogen) atoms. The molecular formula is C18H29FN2. The molecule has 0 amide bonds. The quantitative estimate of drug-likeness (QED) is 0.864. The van der Waals surface area contributed by atoms with Crippen LogP contribution >= 0.6 is 0 Å². The number of hydrogen-bond acceptors (Lipinski definition) is 2. The number of nitrogens with zero attached hydrogens (tertiary/aromatic N) is 1. The summed E-state index contributed by atoms with van der Waals surface area (Å²) in [6, 6.07) is 11.2. The number of hydrogen-bond donors (Lipinski definition) is 1. The first-order chi connectivity index (χ1) is 10.0. The van der Waals surface area contributed by atoms with Gasteiger partial charge in [-0.3, -0.25) is 0 Å². The van der Waals surface area contributed by atoms with Crippen LogP contribution in [0.1, 0.15) is 38.7 Å². The molecule has 3 heteroatoms. The molecule has 1 N–H and O–H groups in total. The van der Waals surface area contributed by atoms with Crippen LogP contribution in [0.5, 0.6) is 0 Å². The van der Waals surface area contributed by atoms with Crippen molar-refractivity contribution >= 4 is 0 Å². The van der Waals surface area contributed by atoms with E-state index in [0.717, 1.165) is 19.4 Å². The first-order valence-electron chi connectivity index (χ1n) is 8.19. The molecule has 3 unspecified atom stereocenters. The summed E-state index contributed by atoms with van der Waals surface area (Å²) in [7, 11) is 2.09. The number of nitrogens with one attached hydrogen (secondary N) is 1. The Balaban J connectivity index is 1.85. The molecule has 3 atom stereocenters. The molecule has 1 saturated heterocycles. The number of alkyl halides is 1. The van der Waals surface area contributed by atoms with Gasteiger partial charge in [-0.1, -0.05) is 37.3 Å². The lowest BCUT2D eigenvalue weighted by Crippen LogP contribution is -2.51. The van der Waals surface area contributed by atoms with Crippen molar-refractivity contribution in [3.05, 3.63) is 35.9 Å². The predicted molar refractivity (Wildman–Crippen MR) is 87.4 cm³/mol. The van der Waals surface area contributed by atoms with Crippen LogP contribution in [0.15, 0.2) is 30.3 Å². The number of rotatable bonds is 6. The van der Waals surface area contributed by atoms with Crippen LogP contribution in [0.25, 0.3) is 0 Å². The van der Waals surface area contributed by atoms with Crippen molar-refractivity contribution in [3.8, 4) is 0 Å². The first kappa shape index (κ1) is 16.4. The van der Waals surface area contributed by atoms with Gasteiger partial charge in [0.05, 0.1) is 0 Å². The molecule has 0 spiro atoms. The molecule has 1 aliphatic heterocycles. The number of likely N-dealkylation sites (tertiary alicyclic amines) is 1. The van der Waals surface area contributed by atoms with Gasteiger partial charge in [0.25, 0.3) is 0 Å². The van der Waals surface area contributed by atoms with Crippen molar-refractivity contribution < 1.29 is 4.39 Å². The average Bonchev–Trinajstić information content (AvgIpc) is 2.49. The maximum atomic E-state index is 14.9. The van der Waals surface area contributed by atoms with Gasteiger partial charge in [-0.2, -0.15) is 0 Å². The summed E-state index contributed by atoms with van der Waals surface area (Å²) in [6.45, 7) is 5.63. The Labute approximate surface area is 128 Å². The van der Waals surface area contributed by atoms with Gasteiger partial charge in [-0.05, 0) is 45.2 Å². The van der Waals surface area contributed by atoms with Crippen molar-refractivity contribution in [3.63, 3.8) is 0 Å². The van der Waals surface area contributed by atoms with Crippen molar-refractivity contribution in [2.45, 2.75) is 57.3 Å². The Morgan fingerprint density at radius 2 is 2.10 bits per heavy atom. The predicted octanol–water partition coefficient (Wildman–Crippen LogP) is 3.42. The highest BCUT2D eigenvalue weighted by atomic mass is 19.1. The van der Waals surface area contributed by atoms with E-state index >= 15 is 0 Å². The van der Waals surface area contributed by atoms with E-state index < -0.39 is 5.67 Å². The monoisotopic (exact) mass is 292 g/mol. The van der Waals surface area contributed by atoms with Crippen molar-refractivity contribution in [1.29, 1.82) is 0 Å². The average molecular weight is 292 g/mol. The Morgan fingerprint density at radius 3 is 2.71 bits per heavy atom. The van der Waals surface area contributed by atoms with Crippen LogP contribution in [-0.2, 0) is 6.42 Å². The highest BCUT2D eigenvalue weighted by Crippen LogP contribution is 2.29. The largest absolute Gasteiger partial charge is 0.310 e. The second-order valence-electron chi connectivity index (χ2n) is 6.61. The molecule has 1 heterocycles. The molecular weight excluding hydrogens is 263 g/mol. The fraction of sp³-hybridized carbons (Fsp3) is 0.667. The smallest absolute Gasteiger partial charge is 0.126 e. The van der Waals surface area contributed by atoms with E-state index in [1.807, 2.05) is 6.07 Å². The van der Waals surface area contributed by atoms with Crippen molar-refractivity contribution in [1.82, 2.24) is 10.2 Å². The number of benzene rings is 1. The minimum absolute atomic E-state index is 0.333. The third-order valence-electron chi connectivity index (χ3n) is 4.85. The van der Waals surface area contributed by atoms with Crippen LogP contribution < -0.4 is 5.32 Å². The van der Waals surface area contributed by atoms with E-state index in [9.17, 15) is 4.39 Å². The zero-order valence-corrected chi connectivity index (χ0v) is 13.6. The highest BCUT2D eigenvalue weighted by Gasteiger charge is 2.37. The molecule has 0 bridgehead atoms. The Hall–Kier alpha value is -0.930. The SMILES string of the molecule is CCC(Cc1ccccc1)NCC1(F)CCN(C)C(C)C1. The molecule has 1 aliphatic rings. The first-order valence-corrected chi connectivity index (χ1v) is 8.19. The van der Waals surface area contributed by atoms with Gasteiger partial charge in [0.15, 0.2) is 0 Å². The molecule has 2 rings (SSSR count). The normalized spacial score (nSPS) is 28.5. The van der Waals surface area contributed by atoms with Gasteiger partial charge in [0.2, 0.25) is 0 Å². The number of piperidine rings is 1. The van der Waals surface area contributed by atoms with E-state index in [1.54, 1.807) is 0 Å². The summed E-state index contributed by atoms with van der Waals surface area (Å²) in [5, 5.41) is 3.47. The fourth-order valence-electron chi connectivity index (χ4n) is 3.13.